The molecule has 1 aromatic rings. The normalized spacial score (nSPS) is 15.2. The smallest absolute Gasteiger partial charge is 0.262 e. The van der Waals surface area contributed by atoms with Crippen molar-refractivity contribution in [2.45, 2.75) is 52.0 Å². The molecule has 0 unspecified atom stereocenters. The molecular weight excluding hydrogens is 396 g/mol. The van der Waals surface area contributed by atoms with Crippen LogP contribution in [0.25, 0.3) is 6.08 Å². The molecule has 0 bridgehead atoms. The van der Waals surface area contributed by atoms with Gasteiger partial charge < -0.3 is 14.8 Å². The van der Waals surface area contributed by atoms with Crippen molar-refractivity contribution in [3.63, 3.8) is 0 Å². The molecule has 1 amide bonds. The second kappa shape index (κ2) is 10.2. The Morgan fingerprint density at radius 2 is 1.88 bits per heavy atom. The van der Waals surface area contributed by atoms with Gasteiger partial charge in [-0.2, -0.15) is 5.26 Å². The van der Waals surface area contributed by atoms with Crippen LogP contribution in [0.4, 0.5) is 0 Å². The highest BCUT2D eigenvalue weighted by Crippen LogP contribution is 2.34. The first-order valence-electron chi connectivity index (χ1n) is 9.10. The zero-order valence-electron chi connectivity index (χ0n) is 15.3. The molecule has 1 aromatic carbocycles. The standard InChI is InChI=1S/C20H25BrN2O3/c1-3-25-18-12-19(26-4-2)17(21)11-14(18)10-15(13-22)20(24)23-16-8-6-5-7-9-16/h10-12,16H,3-9H2,1-2H3,(H,23,24)/b15-10+. The highest BCUT2D eigenvalue weighted by molar-refractivity contribution is 9.10. The first kappa shape index (κ1) is 20.3. The number of carbonyl (C=O) groups is 1. The summed E-state index contributed by atoms with van der Waals surface area (Å²) in [6.45, 7) is 4.80. The molecule has 0 saturated heterocycles. The molecule has 0 heterocycles. The van der Waals surface area contributed by atoms with E-state index in [0.29, 0.717) is 30.3 Å². The van der Waals surface area contributed by atoms with E-state index in [-0.39, 0.29) is 17.5 Å². The number of amides is 1. The van der Waals surface area contributed by atoms with Gasteiger partial charge >= 0.3 is 0 Å². The first-order chi connectivity index (χ1) is 12.6. The van der Waals surface area contributed by atoms with Crippen molar-refractivity contribution in [1.82, 2.24) is 5.32 Å². The monoisotopic (exact) mass is 420 g/mol. The highest BCUT2D eigenvalue weighted by atomic mass is 79.9. The minimum Gasteiger partial charge on any atom is -0.493 e. The predicted molar refractivity (Wildman–Crippen MR) is 105 cm³/mol. The van der Waals surface area contributed by atoms with Crippen LogP contribution in [0.5, 0.6) is 11.5 Å². The van der Waals surface area contributed by atoms with E-state index in [0.717, 1.165) is 30.2 Å². The number of nitriles is 1. The van der Waals surface area contributed by atoms with Crippen molar-refractivity contribution in [3.05, 3.63) is 27.7 Å². The lowest BCUT2D eigenvalue weighted by Crippen LogP contribution is -2.36. The quantitative estimate of drug-likeness (QED) is 0.516. The Bertz CT molecular complexity index is 704. The molecule has 0 aliphatic heterocycles. The molecule has 140 valence electrons. The number of benzene rings is 1. The first-order valence-corrected chi connectivity index (χ1v) is 9.90. The molecule has 1 aliphatic rings. The second-order valence-electron chi connectivity index (χ2n) is 6.16. The van der Waals surface area contributed by atoms with Crippen molar-refractivity contribution in [2.24, 2.45) is 0 Å². The molecule has 0 atom stereocenters. The van der Waals surface area contributed by atoms with Gasteiger partial charge in [0.25, 0.3) is 5.91 Å². The Balaban J connectivity index is 2.27. The van der Waals surface area contributed by atoms with E-state index in [9.17, 15) is 10.1 Å². The lowest BCUT2D eigenvalue weighted by molar-refractivity contribution is -0.117. The van der Waals surface area contributed by atoms with E-state index in [4.69, 9.17) is 9.47 Å². The average molecular weight is 421 g/mol. The van der Waals surface area contributed by atoms with Gasteiger partial charge in [0.2, 0.25) is 0 Å². The molecule has 2 rings (SSSR count). The summed E-state index contributed by atoms with van der Waals surface area (Å²) in [6, 6.07) is 5.76. The van der Waals surface area contributed by atoms with Gasteiger partial charge in [-0.25, -0.2) is 0 Å². The number of hydrogen-bond acceptors (Lipinski definition) is 4. The molecule has 0 radical (unpaired) electrons. The second-order valence-corrected chi connectivity index (χ2v) is 7.02. The van der Waals surface area contributed by atoms with E-state index in [1.165, 1.54) is 6.42 Å². The lowest BCUT2D eigenvalue weighted by Gasteiger charge is -2.22. The van der Waals surface area contributed by atoms with Crippen LogP contribution < -0.4 is 14.8 Å². The molecule has 1 N–H and O–H groups in total. The SMILES string of the molecule is CCOc1cc(OCC)c(/C=C(\C#N)C(=O)NC2CCCCC2)cc1Br. The van der Waals surface area contributed by atoms with Crippen LogP contribution in [-0.2, 0) is 4.79 Å². The summed E-state index contributed by atoms with van der Waals surface area (Å²) in [6.07, 6.45) is 6.98. The van der Waals surface area contributed by atoms with Crippen molar-refractivity contribution < 1.29 is 14.3 Å². The largest absolute Gasteiger partial charge is 0.493 e. The van der Waals surface area contributed by atoms with Gasteiger partial charge in [-0.15, -0.1) is 0 Å². The minimum atomic E-state index is -0.327. The van der Waals surface area contributed by atoms with Crippen molar-refractivity contribution in [1.29, 1.82) is 5.26 Å². The topological polar surface area (TPSA) is 71.3 Å². The van der Waals surface area contributed by atoms with Gasteiger partial charge in [0.1, 0.15) is 23.1 Å². The summed E-state index contributed by atoms with van der Waals surface area (Å²) < 4.78 is 12.0. The fraction of sp³-hybridized carbons (Fsp3) is 0.500. The van der Waals surface area contributed by atoms with Crippen molar-refractivity contribution >= 4 is 27.9 Å². The number of carbonyl (C=O) groups excluding carboxylic acids is 1. The number of ether oxygens (including phenoxy) is 2. The van der Waals surface area contributed by atoms with E-state index in [1.54, 1.807) is 18.2 Å². The average Bonchev–Trinajstić information content (AvgIpc) is 2.64. The summed E-state index contributed by atoms with van der Waals surface area (Å²) in [5.74, 6) is 0.919. The van der Waals surface area contributed by atoms with Crippen LogP contribution >= 0.6 is 15.9 Å². The number of hydrogen-bond donors (Lipinski definition) is 1. The molecule has 1 aliphatic carbocycles. The summed E-state index contributed by atoms with van der Waals surface area (Å²) in [7, 11) is 0. The molecule has 1 fully saturated rings. The highest BCUT2D eigenvalue weighted by Gasteiger charge is 2.19. The number of rotatable bonds is 7. The number of nitrogens with one attached hydrogen (secondary N) is 1. The summed E-state index contributed by atoms with van der Waals surface area (Å²) in [5, 5.41) is 12.4. The van der Waals surface area contributed by atoms with Crippen molar-refractivity contribution in [3.8, 4) is 17.6 Å². The predicted octanol–water partition coefficient (Wildman–Crippen LogP) is 4.60. The van der Waals surface area contributed by atoms with Crippen molar-refractivity contribution in [2.75, 3.05) is 13.2 Å². The van der Waals surface area contributed by atoms with E-state index in [1.807, 2.05) is 19.9 Å². The molecule has 5 nitrogen and oxygen atoms in total. The van der Waals surface area contributed by atoms with Gasteiger partial charge in [-0.1, -0.05) is 19.3 Å². The zero-order valence-corrected chi connectivity index (χ0v) is 16.9. The molecule has 0 spiro atoms. The number of halogens is 1. The van der Waals surface area contributed by atoms with Gasteiger partial charge in [0, 0.05) is 17.7 Å². The summed E-state index contributed by atoms with van der Waals surface area (Å²) in [4.78, 5) is 12.5. The molecule has 26 heavy (non-hydrogen) atoms. The summed E-state index contributed by atoms with van der Waals surface area (Å²) in [5.41, 5.74) is 0.741. The van der Waals surface area contributed by atoms with Crippen LogP contribution in [0.3, 0.4) is 0 Å². The maximum atomic E-state index is 12.5. The Morgan fingerprint density at radius 3 is 2.50 bits per heavy atom. The van der Waals surface area contributed by atoms with Crippen LogP contribution in [0.1, 0.15) is 51.5 Å². The minimum absolute atomic E-state index is 0.0765. The van der Waals surface area contributed by atoms with E-state index < -0.39 is 0 Å². The van der Waals surface area contributed by atoms with Gasteiger partial charge in [0.05, 0.1) is 17.7 Å². The Kier molecular flexibility index (Phi) is 7.99. The third-order valence-electron chi connectivity index (χ3n) is 4.27. The third kappa shape index (κ3) is 5.50. The molecule has 1 saturated carbocycles. The fourth-order valence-corrected chi connectivity index (χ4v) is 3.50. The number of nitrogens with zero attached hydrogens (tertiary/aromatic N) is 1. The maximum absolute atomic E-state index is 12.5. The van der Waals surface area contributed by atoms with Gasteiger partial charge in [-0.3, -0.25) is 4.79 Å². The van der Waals surface area contributed by atoms with Crippen LogP contribution in [0, 0.1) is 11.3 Å². The maximum Gasteiger partial charge on any atom is 0.262 e. The van der Waals surface area contributed by atoms with E-state index in [2.05, 4.69) is 21.2 Å². The third-order valence-corrected chi connectivity index (χ3v) is 4.89. The van der Waals surface area contributed by atoms with Gasteiger partial charge in [-0.05, 0) is 54.8 Å². The van der Waals surface area contributed by atoms with Gasteiger partial charge in [0.15, 0.2) is 0 Å². The lowest BCUT2D eigenvalue weighted by atomic mass is 9.95. The Hall–Kier alpha value is -2.00. The molecule has 6 heteroatoms. The molecule has 0 aromatic heterocycles. The Labute approximate surface area is 163 Å². The van der Waals surface area contributed by atoms with Crippen LogP contribution in [0.15, 0.2) is 22.2 Å². The summed E-state index contributed by atoms with van der Waals surface area (Å²) >= 11 is 3.47. The van der Waals surface area contributed by atoms with Crippen LogP contribution in [0.2, 0.25) is 0 Å². The van der Waals surface area contributed by atoms with Crippen LogP contribution in [-0.4, -0.2) is 25.2 Å². The fourth-order valence-electron chi connectivity index (χ4n) is 3.02. The molecular formula is C20H25BrN2O3. The van der Waals surface area contributed by atoms with E-state index >= 15 is 0 Å². The zero-order chi connectivity index (χ0) is 18.9. The Morgan fingerprint density at radius 1 is 1.23 bits per heavy atom.